The molecule has 100 valence electrons. The minimum atomic E-state index is -0.420. The van der Waals surface area contributed by atoms with Gasteiger partial charge in [-0.05, 0) is 18.4 Å². The van der Waals surface area contributed by atoms with Crippen LogP contribution in [-0.4, -0.2) is 33.9 Å². The maximum atomic E-state index is 11.9. The van der Waals surface area contributed by atoms with Crippen molar-refractivity contribution in [2.75, 3.05) is 6.61 Å². The summed E-state index contributed by atoms with van der Waals surface area (Å²) in [6, 6.07) is 1.02. The first-order chi connectivity index (χ1) is 8.43. The number of aliphatic hydroxyl groups is 1. The number of hydrogen-bond donors (Lipinski definition) is 2. The molecule has 0 aliphatic heterocycles. The molecule has 0 aliphatic rings. The molecule has 5 nitrogen and oxygen atoms in total. The number of carbonyl (C=O) groups is 1. The second-order valence-electron chi connectivity index (χ2n) is 4.35. The molecular weight excluding hydrogens is 277 g/mol. The van der Waals surface area contributed by atoms with Gasteiger partial charge in [-0.1, -0.05) is 37.0 Å². The summed E-state index contributed by atoms with van der Waals surface area (Å²) in [5, 5.41) is 19.0. The summed E-state index contributed by atoms with van der Waals surface area (Å²) in [5.74, 6) is -0.0615. The highest BCUT2D eigenvalue weighted by Gasteiger charge is 2.18. The van der Waals surface area contributed by atoms with Gasteiger partial charge in [-0.3, -0.25) is 4.79 Å². The largest absolute Gasteiger partial charge is 0.394 e. The third-order valence-corrected chi connectivity index (χ3v) is 2.74. The van der Waals surface area contributed by atoms with Gasteiger partial charge in [0.1, 0.15) is 0 Å². The van der Waals surface area contributed by atoms with Crippen LogP contribution in [-0.2, 0) is 0 Å². The zero-order chi connectivity index (χ0) is 13.7. The molecule has 0 aliphatic carbocycles. The quantitative estimate of drug-likeness (QED) is 0.869. The molecule has 0 aromatic carbocycles. The Bertz CT molecular complexity index is 427. The van der Waals surface area contributed by atoms with Gasteiger partial charge in [0, 0.05) is 0 Å². The third kappa shape index (κ3) is 4.40. The fraction of sp³-hybridized carbons (Fsp3) is 0.545. The van der Waals surface area contributed by atoms with E-state index in [-0.39, 0.29) is 28.5 Å². The molecule has 0 spiro atoms. The van der Waals surface area contributed by atoms with Crippen molar-refractivity contribution in [3.8, 4) is 0 Å². The highest BCUT2D eigenvalue weighted by Crippen LogP contribution is 2.15. The number of halogens is 2. The van der Waals surface area contributed by atoms with Crippen LogP contribution in [0, 0.1) is 5.92 Å². The molecule has 1 atom stereocenters. The van der Waals surface area contributed by atoms with Crippen LogP contribution in [0.5, 0.6) is 0 Å². The Labute approximate surface area is 116 Å². The summed E-state index contributed by atoms with van der Waals surface area (Å²) in [7, 11) is 0. The molecule has 0 radical (unpaired) electrons. The molecule has 0 saturated heterocycles. The lowest BCUT2D eigenvalue weighted by molar-refractivity contribution is 0.0908. The fourth-order valence-electron chi connectivity index (χ4n) is 1.52. The molecule has 1 aromatic rings. The first-order valence-electron chi connectivity index (χ1n) is 5.54. The molecule has 2 N–H and O–H groups in total. The monoisotopic (exact) mass is 291 g/mol. The number of amides is 1. The normalized spacial score (nSPS) is 12.6. The summed E-state index contributed by atoms with van der Waals surface area (Å²) in [6.07, 6.45) is 0.673. The van der Waals surface area contributed by atoms with E-state index in [1.165, 1.54) is 6.07 Å². The van der Waals surface area contributed by atoms with Crippen molar-refractivity contribution in [1.82, 2.24) is 15.5 Å². The summed E-state index contributed by atoms with van der Waals surface area (Å²) in [6.45, 7) is 3.88. The van der Waals surface area contributed by atoms with Gasteiger partial charge in [0.05, 0.1) is 18.2 Å². The number of hydrogen-bond acceptors (Lipinski definition) is 4. The molecule has 0 bridgehead atoms. The van der Waals surface area contributed by atoms with Crippen LogP contribution in [0.25, 0.3) is 0 Å². The molecule has 1 heterocycles. The summed E-state index contributed by atoms with van der Waals surface area (Å²) >= 11 is 11.4. The van der Waals surface area contributed by atoms with Crippen LogP contribution >= 0.6 is 23.2 Å². The summed E-state index contributed by atoms with van der Waals surface area (Å²) in [5.41, 5.74) is 0.152. The van der Waals surface area contributed by atoms with E-state index >= 15 is 0 Å². The van der Waals surface area contributed by atoms with E-state index in [4.69, 9.17) is 23.2 Å². The van der Waals surface area contributed by atoms with Gasteiger partial charge in [0.15, 0.2) is 10.3 Å². The lowest BCUT2D eigenvalue weighted by atomic mass is 10.0. The number of aromatic nitrogens is 2. The van der Waals surface area contributed by atoms with Crippen molar-refractivity contribution >= 4 is 29.1 Å². The standard InChI is InChI=1S/C11H15Cl2N3O2/c1-6(2)3-7(5-17)14-11(18)8-4-9(12)15-16-10(8)13/h4,6-7,17H,3,5H2,1-2H3,(H,14,18). The first kappa shape index (κ1) is 15.1. The highest BCUT2D eigenvalue weighted by atomic mass is 35.5. The summed E-state index contributed by atoms with van der Waals surface area (Å²) in [4.78, 5) is 11.9. The lowest BCUT2D eigenvalue weighted by Gasteiger charge is -2.18. The molecule has 0 saturated carbocycles. The molecule has 0 fully saturated rings. The van der Waals surface area contributed by atoms with Crippen molar-refractivity contribution in [2.24, 2.45) is 5.92 Å². The van der Waals surface area contributed by atoms with Crippen molar-refractivity contribution in [3.05, 3.63) is 21.9 Å². The Morgan fingerprint density at radius 1 is 1.44 bits per heavy atom. The average molecular weight is 292 g/mol. The zero-order valence-electron chi connectivity index (χ0n) is 10.2. The Morgan fingerprint density at radius 3 is 2.67 bits per heavy atom. The van der Waals surface area contributed by atoms with Gasteiger partial charge in [-0.2, -0.15) is 0 Å². The van der Waals surface area contributed by atoms with Gasteiger partial charge >= 0.3 is 0 Å². The van der Waals surface area contributed by atoms with E-state index < -0.39 is 5.91 Å². The molecular formula is C11H15Cl2N3O2. The molecule has 1 aromatic heterocycles. The lowest BCUT2D eigenvalue weighted by Crippen LogP contribution is -2.38. The third-order valence-electron chi connectivity index (χ3n) is 2.28. The predicted molar refractivity (Wildman–Crippen MR) is 69.8 cm³/mol. The number of nitrogens with one attached hydrogen (secondary N) is 1. The maximum Gasteiger partial charge on any atom is 0.254 e. The van der Waals surface area contributed by atoms with Crippen molar-refractivity contribution < 1.29 is 9.90 Å². The van der Waals surface area contributed by atoms with E-state index in [0.29, 0.717) is 12.3 Å². The van der Waals surface area contributed by atoms with Crippen LogP contribution in [0.2, 0.25) is 10.3 Å². The average Bonchev–Trinajstić information content (AvgIpc) is 2.30. The Morgan fingerprint density at radius 2 is 2.11 bits per heavy atom. The van der Waals surface area contributed by atoms with Gasteiger partial charge < -0.3 is 10.4 Å². The van der Waals surface area contributed by atoms with Crippen LogP contribution in [0.4, 0.5) is 0 Å². The summed E-state index contributed by atoms with van der Waals surface area (Å²) < 4.78 is 0. The van der Waals surface area contributed by atoms with Crippen LogP contribution in [0.1, 0.15) is 30.6 Å². The Balaban J connectivity index is 2.77. The Hall–Kier alpha value is -0.910. The van der Waals surface area contributed by atoms with E-state index in [2.05, 4.69) is 15.5 Å². The molecule has 18 heavy (non-hydrogen) atoms. The van der Waals surface area contributed by atoms with Crippen molar-refractivity contribution in [1.29, 1.82) is 0 Å². The van der Waals surface area contributed by atoms with Crippen molar-refractivity contribution in [3.63, 3.8) is 0 Å². The SMILES string of the molecule is CC(C)CC(CO)NC(=O)c1cc(Cl)nnc1Cl. The predicted octanol–water partition coefficient (Wildman–Crippen LogP) is 1.92. The van der Waals surface area contributed by atoms with Gasteiger partial charge in [-0.15, -0.1) is 10.2 Å². The minimum absolute atomic E-state index is 0.0156. The van der Waals surface area contributed by atoms with Crippen molar-refractivity contribution in [2.45, 2.75) is 26.3 Å². The van der Waals surface area contributed by atoms with Gasteiger partial charge in [-0.25, -0.2) is 0 Å². The molecule has 1 unspecified atom stereocenters. The van der Waals surface area contributed by atoms with Crippen LogP contribution in [0.15, 0.2) is 6.07 Å². The number of rotatable bonds is 5. The first-order valence-corrected chi connectivity index (χ1v) is 6.30. The van der Waals surface area contributed by atoms with Crippen LogP contribution in [0.3, 0.4) is 0 Å². The van der Waals surface area contributed by atoms with Gasteiger partial charge in [0.25, 0.3) is 5.91 Å². The number of carbonyl (C=O) groups excluding carboxylic acids is 1. The van der Waals surface area contributed by atoms with Gasteiger partial charge in [0.2, 0.25) is 0 Å². The topological polar surface area (TPSA) is 75.1 Å². The zero-order valence-corrected chi connectivity index (χ0v) is 11.7. The van der Waals surface area contributed by atoms with E-state index in [1.807, 2.05) is 13.8 Å². The van der Waals surface area contributed by atoms with E-state index in [1.54, 1.807) is 0 Å². The molecule has 7 heteroatoms. The van der Waals surface area contributed by atoms with E-state index in [9.17, 15) is 9.90 Å². The number of nitrogens with zero attached hydrogens (tertiary/aromatic N) is 2. The minimum Gasteiger partial charge on any atom is -0.394 e. The van der Waals surface area contributed by atoms with E-state index in [0.717, 1.165) is 0 Å². The smallest absolute Gasteiger partial charge is 0.254 e. The molecule has 1 amide bonds. The second kappa shape index (κ2) is 6.87. The second-order valence-corrected chi connectivity index (χ2v) is 5.10. The number of aliphatic hydroxyl groups excluding tert-OH is 1. The van der Waals surface area contributed by atoms with Crippen LogP contribution < -0.4 is 5.32 Å². The fourth-order valence-corrected chi connectivity index (χ4v) is 1.85. The molecule has 1 rings (SSSR count). The maximum absolute atomic E-state index is 11.9. The highest BCUT2D eigenvalue weighted by molar-refractivity contribution is 6.34. The Kier molecular flexibility index (Phi) is 5.78.